The van der Waals surface area contributed by atoms with Crippen LogP contribution in [0.1, 0.15) is 238 Å². The van der Waals surface area contributed by atoms with Gasteiger partial charge in [-0.15, -0.1) is 5.10 Å². The van der Waals surface area contributed by atoms with E-state index < -0.39 is 0 Å². The van der Waals surface area contributed by atoms with Crippen molar-refractivity contribution >= 4 is 17.3 Å². The molecule has 524 valence electrons. The number of imidazole rings is 1. The van der Waals surface area contributed by atoms with Gasteiger partial charge in [0, 0.05) is 43.8 Å². The Morgan fingerprint density at radius 1 is 0.479 bits per heavy atom. The molecule has 12 aliphatic carbocycles. The maximum Gasteiger partial charge on any atom is 0.159 e. The molecule has 12 fully saturated rings. The molecule has 3 aromatic rings. The molecule has 3 aromatic heterocycles. The summed E-state index contributed by atoms with van der Waals surface area (Å²) in [5.41, 5.74) is 3.69. The highest BCUT2D eigenvalue weighted by atomic mass is 16.3. The minimum atomic E-state index is -0.157. The highest BCUT2D eigenvalue weighted by Crippen LogP contribution is 2.72. The van der Waals surface area contributed by atoms with Gasteiger partial charge < -0.3 is 35.2 Å². The minimum absolute atomic E-state index is 0. The van der Waals surface area contributed by atoms with E-state index in [2.05, 4.69) is 46.3 Å². The van der Waals surface area contributed by atoms with Crippen LogP contribution in [-0.2, 0) is 34.0 Å². The molecule has 0 spiro atoms. The summed E-state index contributed by atoms with van der Waals surface area (Å²) in [6.45, 7) is 14.9. The Balaban J connectivity index is 0.000000135. The van der Waals surface area contributed by atoms with Gasteiger partial charge in [0.1, 0.15) is 13.1 Å². The summed E-state index contributed by atoms with van der Waals surface area (Å²) in [6, 6.07) is 0. The van der Waals surface area contributed by atoms with E-state index in [0.29, 0.717) is 108 Å². The van der Waals surface area contributed by atoms with Crippen LogP contribution in [0.5, 0.6) is 0 Å². The van der Waals surface area contributed by atoms with Crippen LogP contribution in [-0.4, -0.2) is 126 Å². The maximum absolute atomic E-state index is 13.4. The van der Waals surface area contributed by atoms with Gasteiger partial charge in [-0.25, -0.2) is 9.67 Å². The molecule has 17 nitrogen and oxygen atoms in total. The molecule has 0 saturated heterocycles. The van der Waals surface area contributed by atoms with Gasteiger partial charge in [-0.1, -0.05) is 33.4 Å². The van der Waals surface area contributed by atoms with Crippen molar-refractivity contribution in [3.63, 3.8) is 0 Å². The van der Waals surface area contributed by atoms with Crippen LogP contribution in [0.4, 0.5) is 0 Å². The van der Waals surface area contributed by atoms with Crippen molar-refractivity contribution in [2.75, 3.05) is 19.8 Å². The van der Waals surface area contributed by atoms with Crippen molar-refractivity contribution < 1.29 is 45.0 Å². The highest BCUT2D eigenvalue weighted by molar-refractivity contribution is 5.83. The molecule has 0 amide bonds. The number of Topliss-reactive ketones (excluding diaryl/α,β-unsaturated/α-hetero) is 3. The molecule has 6 N–H and O–H groups in total. The van der Waals surface area contributed by atoms with Gasteiger partial charge in [-0.2, -0.15) is 15.0 Å². The van der Waals surface area contributed by atoms with Gasteiger partial charge in [0.05, 0.1) is 60.7 Å². The van der Waals surface area contributed by atoms with Gasteiger partial charge in [-0.05, 0) is 317 Å². The summed E-state index contributed by atoms with van der Waals surface area (Å²) >= 11 is 0. The fraction of sp³-hybridized carbons (Fsp3) is 0.870. The van der Waals surface area contributed by atoms with E-state index in [1.807, 2.05) is 31.5 Å². The Kier molecular flexibility index (Phi) is 20.7. The van der Waals surface area contributed by atoms with Crippen molar-refractivity contribution in [1.82, 2.24) is 39.5 Å². The molecule has 24 atom stereocenters. The normalized spacial score (nSPS) is 43.9. The van der Waals surface area contributed by atoms with E-state index in [4.69, 9.17) is 0 Å². The molecule has 0 unspecified atom stereocenters. The van der Waals surface area contributed by atoms with Gasteiger partial charge in [0.15, 0.2) is 17.3 Å². The fourth-order valence-electron chi connectivity index (χ4n) is 27.1. The second-order valence-corrected chi connectivity index (χ2v) is 34.5. The number of rotatable bonds is 15. The highest BCUT2D eigenvalue weighted by Gasteiger charge is 2.66. The Morgan fingerprint density at radius 3 is 1.23 bits per heavy atom. The number of ketones is 3. The zero-order valence-corrected chi connectivity index (χ0v) is 57.6. The third kappa shape index (κ3) is 12.2. The lowest BCUT2D eigenvalue weighted by atomic mass is 9.43. The standard InChI is InChI=1S/C26H40N2O3.2C25H39N3O3.CH4/c1-17-14-28(16-27-17)15-24(31)23-6-5-21-20-4-3-18-13-19(30)7-10-26(18,11-12-29)22(20)8-9-25(21,23)2;1-16-14-26-27-28(16)15-23(31)22-6-5-20-19-4-3-17-13-18(30)7-10-25(17,11-12-29)21(19)8-9-24(20,22)2;1-16-14-26-28(27-16)15-23(31)22-6-5-20-19-4-3-17-13-18(30)7-10-25(17,11-12-29)21(19)8-9-24(20,22)2;/h14,16,18-23,29-30H,3-13,15H2,1-2H3;2*14,17-22,29-30H,3-13,15H2,1-2H3;1H4/t18-,19+,20-,21-,22-,23+,25-,26+;2*17-,18+,19-,20-,21-,22+,24-,25+;/m000./s1. The second kappa shape index (κ2) is 27.8. The van der Waals surface area contributed by atoms with Crippen molar-refractivity contribution in [1.29, 1.82) is 0 Å². The van der Waals surface area contributed by atoms with E-state index in [1.165, 1.54) is 64.2 Å². The number of aryl methyl sites for hydroxylation is 3. The summed E-state index contributed by atoms with van der Waals surface area (Å²) < 4.78 is 3.70. The molecule has 0 aliphatic heterocycles. The third-order valence-corrected chi connectivity index (χ3v) is 31.1. The van der Waals surface area contributed by atoms with Crippen LogP contribution in [0.15, 0.2) is 24.9 Å². The lowest BCUT2D eigenvalue weighted by Crippen LogP contribution is -2.55. The summed E-state index contributed by atoms with van der Waals surface area (Å²) in [4.78, 5) is 45.9. The first-order chi connectivity index (χ1) is 44.6. The lowest BCUT2D eigenvalue weighted by Gasteiger charge is -2.62. The molecule has 94 heavy (non-hydrogen) atoms. The molecule has 12 saturated carbocycles. The molecular formula is C77H122N8O9. The number of carbonyl (C=O) groups is 3. The first-order valence-electron chi connectivity index (χ1n) is 37.8. The summed E-state index contributed by atoms with van der Waals surface area (Å²) in [5.74, 6) is 8.94. The number of carbonyl (C=O) groups excluding carboxylic acids is 3. The number of aliphatic hydroxyl groups excluding tert-OH is 6. The first-order valence-corrected chi connectivity index (χ1v) is 37.8. The van der Waals surface area contributed by atoms with E-state index >= 15 is 0 Å². The van der Waals surface area contributed by atoms with Crippen LogP contribution in [0.25, 0.3) is 0 Å². The van der Waals surface area contributed by atoms with Crippen molar-refractivity contribution in [2.24, 2.45) is 121 Å². The van der Waals surface area contributed by atoms with Crippen LogP contribution >= 0.6 is 0 Å². The average molecular weight is 1300 g/mol. The zero-order chi connectivity index (χ0) is 65.4. The number of hydrogen-bond donors (Lipinski definition) is 6. The van der Waals surface area contributed by atoms with Crippen molar-refractivity contribution in [3.8, 4) is 0 Å². The van der Waals surface area contributed by atoms with Crippen LogP contribution in [0.2, 0.25) is 0 Å². The molecule has 12 aliphatic rings. The lowest BCUT2D eigenvalue weighted by molar-refractivity contribution is -0.149. The molecule has 0 aromatic carbocycles. The van der Waals surface area contributed by atoms with E-state index in [-0.39, 0.29) is 95.8 Å². The Morgan fingerprint density at radius 2 is 0.883 bits per heavy atom. The Bertz CT molecular complexity index is 2980. The van der Waals surface area contributed by atoms with Crippen LogP contribution < -0.4 is 0 Å². The average Bonchev–Trinajstić information content (AvgIpc) is 1.26. The van der Waals surface area contributed by atoms with E-state index in [9.17, 15) is 45.0 Å². The zero-order valence-electron chi connectivity index (χ0n) is 57.6. The largest absolute Gasteiger partial charge is 0.396 e. The number of fused-ring (bicyclic) bond motifs is 15. The molecule has 15 rings (SSSR count). The monoisotopic (exact) mass is 1300 g/mol. The Hall–Kier alpha value is -3.74. The first kappa shape index (κ1) is 70.1. The smallest absolute Gasteiger partial charge is 0.159 e. The number of hydrogen-bond acceptors (Lipinski definition) is 14. The minimum Gasteiger partial charge on any atom is -0.396 e. The molecule has 3 heterocycles. The molecule has 0 radical (unpaired) electrons. The number of nitrogens with zero attached hydrogens (tertiary/aromatic N) is 8. The van der Waals surface area contributed by atoms with Gasteiger partial charge in [0.25, 0.3) is 0 Å². The topological polar surface area (TPSA) is 252 Å². The molecule has 17 heteroatoms. The SMILES string of the molecule is C.Cc1cn(CC(=O)[C@H]2CC[C@H]3[C@@H]4CC[C@H]5C[C@H](O)CC[C@]5(CCO)[C@H]4CC[C@]23C)cn1.Cc1cnn(CC(=O)[C@H]2CC[C@H]3[C@@H]4CC[C@H]5C[C@H](O)CC[C@]5(CCO)[C@H]4CC[C@]23C)n1.Cc1cnnn1CC(=O)[C@H]1CC[C@H]2[C@@H]3CC[C@H]4C[C@H](O)CC[C@]4(CCO)[C@H]3CC[C@]12C. The second-order valence-electron chi connectivity index (χ2n) is 34.5. The van der Waals surface area contributed by atoms with Crippen LogP contribution in [0, 0.1) is 142 Å². The van der Waals surface area contributed by atoms with Gasteiger partial charge in [-0.3, -0.25) is 14.4 Å². The number of aromatic nitrogens is 8. The van der Waals surface area contributed by atoms with Gasteiger partial charge >= 0.3 is 0 Å². The predicted octanol–water partition coefficient (Wildman–Crippen LogP) is 11.9. The fourth-order valence-corrected chi connectivity index (χ4v) is 27.1. The maximum atomic E-state index is 13.4. The summed E-state index contributed by atoms with van der Waals surface area (Å²) in [5, 5.41) is 77.6. The van der Waals surface area contributed by atoms with Crippen molar-refractivity contribution in [3.05, 3.63) is 42.0 Å². The predicted molar refractivity (Wildman–Crippen MR) is 360 cm³/mol. The summed E-state index contributed by atoms with van der Waals surface area (Å²) in [7, 11) is 0. The third-order valence-electron chi connectivity index (χ3n) is 31.1. The Labute approximate surface area is 562 Å². The van der Waals surface area contributed by atoms with Gasteiger partial charge in [0.2, 0.25) is 0 Å². The van der Waals surface area contributed by atoms with E-state index in [1.54, 1.807) is 28.2 Å². The molecular weight excluding hydrogens is 1180 g/mol. The van der Waals surface area contributed by atoms with E-state index in [0.717, 1.165) is 145 Å². The molecule has 0 bridgehead atoms. The van der Waals surface area contributed by atoms with Crippen LogP contribution in [0.3, 0.4) is 0 Å². The van der Waals surface area contributed by atoms with Crippen molar-refractivity contribution in [2.45, 2.75) is 280 Å². The quantitative estimate of drug-likeness (QED) is 0.0828. The number of aliphatic hydroxyl groups is 6. The summed E-state index contributed by atoms with van der Waals surface area (Å²) in [6.07, 6.45) is 38.8.